The zero-order valence-corrected chi connectivity index (χ0v) is 28.3. The first-order valence-corrected chi connectivity index (χ1v) is 15.6. The molecule has 0 aliphatic rings. The van der Waals surface area contributed by atoms with Crippen LogP contribution in [0.25, 0.3) is 0 Å². The van der Waals surface area contributed by atoms with Crippen LogP contribution in [0.5, 0.6) is 5.75 Å². The molecule has 0 radical (unpaired) electrons. The molecule has 2 amide bonds. The standard InChI is InChI=1S/C36H45N3O9/c1-35(2,3)47-31(41)28(38-33(43)45-22-24-13-9-7-10-14-24)18-17-26-20-37-21-30(40)27(26)19-29(32(42)48-36(4,5)6)39-34(44)46-23-25-15-11-8-12-16-25/h7-16,20-21,28-29,40H,17-19,22-23H2,1-6H3,(H,38,43)(H,39,44)/t28-,29-/m0/s1. The molecule has 258 valence electrons. The Morgan fingerprint density at radius 3 is 1.65 bits per heavy atom. The number of carbonyl (C=O) groups is 4. The van der Waals surface area contributed by atoms with E-state index in [4.69, 9.17) is 18.9 Å². The Labute approximate surface area is 281 Å². The third-order valence-corrected chi connectivity index (χ3v) is 6.63. The van der Waals surface area contributed by atoms with Gasteiger partial charge in [0.2, 0.25) is 0 Å². The summed E-state index contributed by atoms with van der Waals surface area (Å²) in [5, 5.41) is 16.0. The molecule has 3 aromatic rings. The van der Waals surface area contributed by atoms with Gasteiger partial charge in [-0.05, 0) is 71.1 Å². The summed E-state index contributed by atoms with van der Waals surface area (Å²) in [5.74, 6) is -1.65. The Balaban J connectivity index is 1.78. The number of pyridine rings is 1. The number of nitrogens with zero attached hydrogens (tertiary/aromatic N) is 1. The number of rotatable bonds is 13. The molecule has 0 fully saturated rings. The zero-order chi connectivity index (χ0) is 35.3. The van der Waals surface area contributed by atoms with Gasteiger partial charge in [0.15, 0.2) is 0 Å². The number of carbonyl (C=O) groups excluding carboxylic acids is 4. The number of nitrogens with one attached hydrogen (secondary N) is 2. The summed E-state index contributed by atoms with van der Waals surface area (Å²) in [6, 6.07) is 15.8. The van der Waals surface area contributed by atoms with Gasteiger partial charge >= 0.3 is 24.1 Å². The van der Waals surface area contributed by atoms with E-state index in [-0.39, 0.29) is 38.2 Å². The van der Waals surface area contributed by atoms with Gasteiger partial charge in [0.1, 0.15) is 42.2 Å². The number of aromatic hydroxyl groups is 1. The van der Waals surface area contributed by atoms with Gasteiger partial charge < -0.3 is 34.7 Å². The van der Waals surface area contributed by atoms with Gasteiger partial charge in [0.05, 0.1) is 6.20 Å². The molecule has 2 atom stereocenters. The highest BCUT2D eigenvalue weighted by molar-refractivity contribution is 5.82. The molecule has 12 heteroatoms. The van der Waals surface area contributed by atoms with Crippen LogP contribution in [-0.4, -0.2) is 57.5 Å². The molecule has 1 aromatic heterocycles. The minimum Gasteiger partial charge on any atom is -0.506 e. The van der Waals surface area contributed by atoms with Crippen LogP contribution in [0.4, 0.5) is 9.59 Å². The Morgan fingerprint density at radius 1 is 0.708 bits per heavy atom. The molecular weight excluding hydrogens is 618 g/mol. The average molecular weight is 664 g/mol. The SMILES string of the molecule is CC(C)(C)OC(=O)[C@H](CCc1cncc(O)c1C[C@H](NC(=O)OCc1ccccc1)C(=O)OC(C)(C)C)NC(=O)OCc1ccccc1. The molecule has 3 N–H and O–H groups in total. The maximum absolute atomic E-state index is 13.3. The second kappa shape index (κ2) is 17.1. The number of amides is 2. The van der Waals surface area contributed by atoms with E-state index in [0.717, 1.165) is 11.1 Å². The summed E-state index contributed by atoms with van der Waals surface area (Å²) in [4.78, 5) is 56.0. The van der Waals surface area contributed by atoms with Crippen LogP contribution < -0.4 is 10.6 Å². The van der Waals surface area contributed by atoms with Crippen LogP contribution in [0, 0.1) is 0 Å². The second-order valence-electron chi connectivity index (χ2n) is 13.1. The van der Waals surface area contributed by atoms with E-state index >= 15 is 0 Å². The molecule has 2 aromatic carbocycles. The fourth-order valence-corrected chi connectivity index (χ4v) is 4.48. The van der Waals surface area contributed by atoms with E-state index < -0.39 is 47.4 Å². The van der Waals surface area contributed by atoms with E-state index in [1.807, 2.05) is 36.4 Å². The van der Waals surface area contributed by atoms with Crippen molar-refractivity contribution >= 4 is 24.1 Å². The molecule has 0 unspecified atom stereocenters. The summed E-state index contributed by atoms with van der Waals surface area (Å²) in [5.41, 5.74) is 0.594. The number of ether oxygens (including phenoxy) is 4. The van der Waals surface area contributed by atoms with Crippen molar-refractivity contribution in [3.8, 4) is 5.75 Å². The van der Waals surface area contributed by atoms with Crippen molar-refractivity contribution in [2.45, 2.75) is 97.3 Å². The van der Waals surface area contributed by atoms with Crippen molar-refractivity contribution in [2.24, 2.45) is 0 Å². The Kier molecular flexibility index (Phi) is 13.3. The van der Waals surface area contributed by atoms with Crippen LogP contribution in [0.15, 0.2) is 73.1 Å². The summed E-state index contributed by atoms with van der Waals surface area (Å²) in [6.07, 6.45) is 1.01. The molecule has 0 spiro atoms. The van der Waals surface area contributed by atoms with Gasteiger partial charge in [-0.3, -0.25) is 4.98 Å². The van der Waals surface area contributed by atoms with E-state index in [1.165, 1.54) is 12.4 Å². The van der Waals surface area contributed by atoms with Gasteiger partial charge in [0.25, 0.3) is 0 Å². The molecule has 0 aliphatic heterocycles. The van der Waals surface area contributed by atoms with Crippen molar-refractivity contribution < 1.29 is 43.2 Å². The average Bonchev–Trinajstić information content (AvgIpc) is 3.01. The molecule has 3 rings (SSSR count). The van der Waals surface area contributed by atoms with Crippen molar-refractivity contribution in [3.05, 3.63) is 95.3 Å². The van der Waals surface area contributed by atoms with Gasteiger partial charge in [-0.1, -0.05) is 60.7 Å². The van der Waals surface area contributed by atoms with Gasteiger partial charge in [-0.25, -0.2) is 19.2 Å². The van der Waals surface area contributed by atoms with Crippen molar-refractivity contribution in [1.82, 2.24) is 15.6 Å². The maximum atomic E-state index is 13.3. The highest BCUT2D eigenvalue weighted by Crippen LogP contribution is 2.25. The predicted molar refractivity (Wildman–Crippen MR) is 177 cm³/mol. The zero-order valence-electron chi connectivity index (χ0n) is 28.3. The van der Waals surface area contributed by atoms with Crippen molar-refractivity contribution in [2.75, 3.05) is 0 Å². The third-order valence-electron chi connectivity index (χ3n) is 6.63. The van der Waals surface area contributed by atoms with Gasteiger partial charge in [-0.15, -0.1) is 0 Å². The predicted octanol–water partition coefficient (Wildman–Crippen LogP) is 5.54. The van der Waals surface area contributed by atoms with E-state index in [1.54, 1.807) is 65.8 Å². The molecule has 0 saturated heterocycles. The number of hydrogen-bond acceptors (Lipinski definition) is 10. The lowest BCUT2D eigenvalue weighted by atomic mass is 9.96. The number of aryl methyl sites for hydroxylation is 1. The molecule has 12 nitrogen and oxygen atoms in total. The maximum Gasteiger partial charge on any atom is 0.408 e. The summed E-state index contributed by atoms with van der Waals surface area (Å²) in [6.45, 7) is 10.2. The highest BCUT2D eigenvalue weighted by atomic mass is 16.6. The Hall–Kier alpha value is -5.13. The monoisotopic (exact) mass is 663 g/mol. The van der Waals surface area contributed by atoms with Crippen molar-refractivity contribution in [1.29, 1.82) is 0 Å². The second-order valence-corrected chi connectivity index (χ2v) is 13.1. The summed E-state index contributed by atoms with van der Waals surface area (Å²) in [7, 11) is 0. The van der Waals surface area contributed by atoms with E-state index in [9.17, 15) is 24.3 Å². The minimum atomic E-state index is -1.24. The number of alkyl carbamates (subject to hydrolysis) is 2. The molecule has 0 bridgehead atoms. The first-order valence-electron chi connectivity index (χ1n) is 15.6. The quantitative estimate of drug-likeness (QED) is 0.156. The minimum absolute atomic E-state index is 0.00117. The van der Waals surface area contributed by atoms with E-state index in [0.29, 0.717) is 11.1 Å². The molecule has 0 aliphatic carbocycles. The van der Waals surface area contributed by atoms with Crippen LogP contribution >= 0.6 is 0 Å². The lowest BCUT2D eigenvalue weighted by molar-refractivity contribution is -0.158. The van der Waals surface area contributed by atoms with Crippen LogP contribution in [0.1, 0.15) is 70.2 Å². The lowest BCUT2D eigenvalue weighted by Crippen LogP contribution is -2.46. The molecule has 48 heavy (non-hydrogen) atoms. The van der Waals surface area contributed by atoms with Crippen LogP contribution in [0.2, 0.25) is 0 Å². The smallest absolute Gasteiger partial charge is 0.408 e. The number of aromatic nitrogens is 1. The fraction of sp³-hybridized carbons (Fsp3) is 0.417. The Bertz CT molecular complexity index is 1520. The lowest BCUT2D eigenvalue weighted by Gasteiger charge is -2.26. The first-order chi connectivity index (χ1) is 22.6. The summed E-state index contributed by atoms with van der Waals surface area (Å²) < 4.78 is 21.8. The largest absolute Gasteiger partial charge is 0.506 e. The highest BCUT2D eigenvalue weighted by Gasteiger charge is 2.31. The van der Waals surface area contributed by atoms with Gasteiger partial charge in [0, 0.05) is 18.2 Å². The van der Waals surface area contributed by atoms with Crippen molar-refractivity contribution in [3.63, 3.8) is 0 Å². The number of benzene rings is 2. The first kappa shape index (κ1) is 37.3. The fourth-order valence-electron chi connectivity index (χ4n) is 4.48. The molecule has 0 saturated carbocycles. The number of hydrogen-bond donors (Lipinski definition) is 3. The normalized spacial score (nSPS) is 12.6. The Morgan fingerprint density at radius 2 is 1.17 bits per heavy atom. The third kappa shape index (κ3) is 13.3. The topological polar surface area (TPSA) is 162 Å². The van der Waals surface area contributed by atoms with E-state index in [2.05, 4.69) is 15.6 Å². The van der Waals surface area contributed by atoms with Gasteiger partial charge in [-0.2, -0.15) is 0 Å². The summed E-state index contributed by atoms with van der Waals surface area (Å²) >= 11 is 0. The van der Waals surface area contributed by atoms with Crippen LogP contribution in [-0.2, 0) is 54.6 Å². The van der Waals surface area contributed by atoms with Crippen LogP contribution in [0.3, 0.4) is 0 Å². The molecular formula is C36H45N3O9. The number of esters is 2. The molecule has 1 heterocycles.